The molecule has 0 heterocycles. The van der Waals surface area contributed by atoms with E-state index in [4.69, 9.17) is 11.6 Å². The van der Waals surface area contributed by atoms with Crippen molar-refractivity contribution in [2.45, 2.75) is 64.1 Å². The normalized spacial score (nSPS) is 15.2. The average molecular weight is 538 g/mol. The Kier molecular flexibility index (Phi) is 9.73. The third kappa shape index (κ3) is 7.67. The molecular formula is C26H33ClFN3O4S. The standard InChI is InChI=1S/C26H33ClFN3O4S/c1-3-24(26(33)29-22-7-5-4-6-8-22)30(17-19-9-11-20(27)12-10-19)25(32)18-31(36(2,34)35)23-15-13-21(28)14-16-23/h9-16,22,24H,3-8,17-18H2,1-2H3,(H,29,33). The van der Waals surface area contributed by atoms with Crippen molar-refractivity contribution >= 4 is 39.1 Å². The summed E-state index contributed by atoms with van der Waals surface area (Å²) in [7, 11) is -3.87. The number of nitrogens with one attached hydrogen (secondary N) is 1. The van der Waals surface area contributed by atoms with E-state index in [0.29, 0.717) is 11.4 Å². The first-order valence-corrected chi connectivity index (χ1v) is 14.4. The van der Waals surface area contributed by atoms with Gasteiger partial charge in [0.05, 0.1) is 11.9 Å². The van der Waals surface area contributed by atoms with Gasteiger partial charge in [-0.2, -0.15) is 0 Å². The summed E-state index contributed by atoms with van der Waals surface area (Å²) < 4.78 is 39.5. The summed E-state index contributed by atoms with van der Waals surface area (Å²) in [6.07, 6.45) is 6.40. The van der Waals surface area contributed by atoms with Gasteiger partial charge in [0.1, 0.15) is 18.4 Å². The topological polar surface area (TPSA) is 86.8 Å². The van der Waals surface area contributed by atoms with E-state index < -0.39 is 34.3 Å². The number of amides is 2. The minimum absolute atomic E-state index is 0.0690. The number of anilines is 1. The van der Waals surface area contributed by atoms with Crippen LogP contribution in [-0.4, -0.2) is 50.0 Å². The Morgan fingerprint density at radius 3 is 2.22 bits per heavy atom. The Balaban J connectivity index is 1.89. The van der Waals surface area contributed by atoms with Crippen LogP contribution in [0.3, 0.4) is 0 Å². The van der Waals surface area contributed by atoms with E-state index in [1.165, 1.54) is 17.0 Å². The molecule has 0 radical (unpaired) electrons. The lowest BCUT2D eigenvalue weighted by Gasteiger charge is -2.34. The van der Waals surface area contributed by atoms with E-state index in [2.05, 4.69) is 5.32 Å². The van der Waals surface area contributed by atoms with Crippen LogP contribution in [0.4, 0.5) is 10.1 Å². The van der Waals surface area contributed by atoms with Crippen molar-refractivity contribution in [3.63, 3.8) is 0 Å². The SMILES string of the molecule is CCC(C(=O)NC1CCCCC1)N(Cc1ccc(Cl)cc1)C(=O)CN(c1ccc(F)cc1)S(C)(=O)=O. The minimum Gasteiger partial charge on any atom is -0.352 e. The fourth-order valence-corrected chi connectivity index (χ4v) is 5.45. The lowest BCUT2D eigenvalue weighted by molar-refractivity contribution is -0.140. The van der Waals surface area contributed by atoms with E-state index in [1.54, 1.807) is 24.3 Å². The molecule has 2 amide bonds. The number of rotatable bonds is 10. The molecular weight excluding hydrogens is 505 g/mol. The smallest absolute Gasteiger partial charge is 0.244 e. The van der Waals surface area contributed by atoms with Gasteiger partial charge in [-0.15, -0.1) is 0 Å². The molecule has 1 aliphatic rings. The van der Waals surface area contributed by atoms with E-state index in [0.717, 1.165) is 60.4 Å². The highest BCUT2D eigenvalue weighted by Crippen LogP contribution is 2.22. The van der Waals surface area contributed by atoms with Crippen LogP contribution in [-0.2, 0) is 26.2 Å². The average Bonchev–Trinajstić information content (AvgIpc) is 2.84. The highest BCUT2D eigenvalue weighted by Gasteiger charge is 2.32. The number of hydrogen-bond donors (Lipinski definition) is 1. The van der Waals surface area contributed by atoms with Crippen molar-refractivity contribution in [2.24, 2.45) is 0 Å². The van der Waals surface area contributed by atoms with Crippen LogP contribution < -0.4 is 9.62 Å². The lowest BCUT2D eigenvalue weighted by Crippen LogP contribution is -2.53. The number of carbonyl (C=O) groups is 2. The van der Waals surface area contributed by atoms with Gasteiger partial charge in [0.25, 0.3) is 0 Å². The molecule has 1 atom stereocenters. The summed E-state index contributed by atoms with van der Waals surface area (Å²) in [5.74, 6) is -1.31. The van der Waals surface area contributed by atoms with Gasteiger partial charge < -0.3 is 10.2 Å². The maximum absolute atomic E-state index is 13.6. The van der Waals surface area contributed by atoms with Gasteiger partial charge in [0.2, 0.25) is 21.8 Å². The van der Waals surface area contributed by atoms with Crippen molar-refractivity contribution in [2.75, 3.05) is 17.1 Å². The summed E-state index contributed by atoms with van der Waals surface area (Å²) in [5.41, 5.74) is 0.919. The summed E-state index contributed by atoms with van der Waals surface area (Å²) in [6.45, 7) is 1.40. The highest BCUT2D eigenvalue weighted by molar-refractivity contribution is 7.92. The van der Waals surface area contributed by atoms with Crippen LogP contribution in [0.25, 0.3) is 0 Å². The van der Waals surface area contributed by atoms with E-state index in [9.17, 15) is 22.4 Å². The van der Waals surface area contributed by atoms with Gasteiger partial charge in [-0.3, -0.25) is 13.9 Å². The third-order valence-electron chi connectivity index (χ3n) is 6.40. The fraction of sp³-hybridized carbons (Fsp3) is 0.462. The first kappa shape index (κ1) is 27.9. The van der Waals surface area contributed by atoms with Crippen LogP contribution >= 0.6 is 11.6 Å². The summed E-state index contributed by atoms with van der Waals surface area (Å²) in [5, 5.41) is 3.63. The van der Waals surface area contributed by atoms with E-state index in [-0.39, 0.29) is 24.2 Å². The molecule has 0 aromatic heterocycles. The Morgan fingerprint density at radius 1 is 1.06 bits per heavy atom. The molecule has 0 aliphatic heterocycles. The van der Waals surface area contributed by atoms with E-state index >= 15 is 0 Å². The van der Waals surface area contributed by atoms with Crippen molar-refractivity contribution < 1.29 is 22.4 Å². The zero-order chi connectivity index (χ0) is 26.3. The molecule has 1 aliphatic carbocycles. The summed E-state index contributed by atoms with van der Waals surface area (Å²) in [4.78, 5) is 28.4. The third-order valence-corrected chi connectivity index (χ3v) is 7.79. The number of hydrogen-bond acceptors (Lipinski definition) is 4. The second kappa shape index (κ2) is 12.5. The molecule has 1 unspecified atom stereocenters. The van der Waals surface area contributed by atoms with Crippen molar-refractivity contribution in [3.8, 4) is 0 Å². The zero-order valence-electron chi connectivity index (χ0n) is 20.6. The number of carbonyl (C=O) groups excluding carboxylic acids is 2. The van der Waals surface area contributed by atoms with Gasteiger partial charge in [0.15, 0.2) is 0 Å². The number of sulfonamides is 1. The van der Waals surface area contributed by atoms with Gasteiger partial charge in [0, 0.05) is 17.6 Å². The maximum Gasteiger partial charge on any atom is 0.244 e. The minimum atomic E-state index is -3.87. The molecule has 0 saturated heterocycles. The van der Waals surface area contributed by atoms with Gasteiger partial charge in [-0.05, 0) is 61.2 Å². The van der Waals surface area contributed by atoms with Gasteiger partial charge >= 0.3 is 0 Å². The molecule has 1 saturated carbocycles. The Bertz CT molecular complexity index is 1140. The van der Waals surface area contributed by atoms with Gasteiger partial charge in [-0.1, -0.05) is 49.9 Å². The van der Waals surface area contributed by atoms with Crippen LogP contribution in [0.1, 0.15) is 51.0 Å². The van der Waals surface area contributed by atoms with Crippen molar-refractivity contribution in [3.05, 3.63) is 64.9 Å². The maximum atomic E-state index is 13.6. The molecule has 0 bridgehead atoms. The van der Waals surface area contributed by atoms with Gasteiger partial charge in [-0.25, -0.2) is 12.8 Å². The Hall–Kier alpha value is -2.65. The number of nitrogens with zero attached hydrogens (tertiary/aromatic N) is 2. The molecule has 1 fully saturated rings. The van der Waals surface area contributed by atoms with Crippen molar-refractivity contribution in [1.82, 2.24) is 10.2 Å². The van der Waals surface area contributed by atoms with Crippen LogP contribution in [0.2, 0.25) is 5.02 Å². The summed E-state index contributed by atoms with van der Waals surface area (Å²) in [6, 6.07) is 11.1. The molecule has 3 rings (SSSR count). The second-order valence-corrected chi connectivity index (χ2v) is 11.5. The predicted molar refractivity (Wildman–Crippen MR) is 140 cm³/mol. The second-order valence-electron chi connectivity index (χ2n) is 9.16. The first-order chi connectivity index (χ1) is 17.1. The number of benzene rings is 2. The molecule has 2 aromatic carbocycles. The van der Waals surface area contributed by atoms with Crippen molar-refractivity contribution in [1.29, 1.82) is 0 Å². The number of halogens is 2. The molecule has 7 nitrogen and oxygen atoms in total. The summed E-state index contributed by atoms with van der Waals surface area (Å²) >= 11 is 6.01. The molecule has 10 heteroatoms. The molecule has 1 N–H and O–H groups in total. The van der Waals surface area contributed by atoms with E-state index in [1.807, 2.05) is 6.92 Å². The van der Waals surface area contributed by atoms with Crippen LogP contribution in [0.5, 0.6) is 0 Å². The van der Waals surface area contributed by atoms with Crippen LogP contribution in [0, 0.1) is 5.82 Å². The first-order valence-electron chi connectivity index (χ1n) is 12.2. The zero-order valence-corrected chi connectivity index (χ0v) is 22.2. The Morgan fingerprint density at radius 2 is 1.67 bits per heavy atom. The quantitative estimate of drug-likeness (QED) is 0.483. The monoisotopic (exact) mass is 537 g/mol. The molecule has 36 heavy (non-hydrogen) atoms. The molecule has 2 aromatic rings. The fourth-order valence-electron chi connectivity index (χ4n) is 4.47. The lowest BCUT2D eigenvalue weighted by atomic mass is 9.95. The molecule has 196 valence electrons. The van der Waals surface area contributed by atoms with Crippen LogP contribution in [0.15, 0.2) is 48.5 Å². The molecule has 0 spiro atoms. The Labute approximate surface area is 217 Å². The largest absolute Gasteiger partial charge is 0.352 e. The highest BCUT2D eigenvalue weighted by atomic mass is 35.5. The predicted octanol–water partition coefficient (Wildman–Crippen LogP) is 4.50.